The number of carbonyl (C=O) groups is 3. The summed E-state index contributed by atoms with van der Waals surface area (Å²) in [5, 5.41) is 23.2. The van der Waals surface area contributed by atoms with Crippen LogP contribution in [0.5, 0.6) is 0 Å². The minimum absolute atomic E-state index is 0.105. The number of aliphatic hydroxyl groups excluding tert-OH is 2. The zero-order valence-corrected chi connectivity index (χ0v) is 22.9. The Labute approximate surface area is 228 Å². The monoisotopic (exact) mass is 544 g/mol. The maximum atomic E-state index is 15.6. The molecule has 0 aromatic heterocycles. The van der Waals surface area contributed by atoms with Crippen molar-refractivity contribution in [1.82, 2.24) is 10.2 Å². The number of amides is 4. The molecule has 0 radical (unpaired) electrons. The van der Waals surface area contributed by atoms with Crippen LogP contribution in [0.15, 0.2) is 18.2 Å². The summed E-state index contributed by atoms with van der Waals surface area (Å²) in [7, 11) is 0. The maximum Gasteiger partial charge on any atom is 0.322 e. The van der Waals surface area contributed by atoms with Crippen LogP contribution in [0.3, 0.4) is 0 Å². The van der Waals surface area contributed by atoms with E-state index in [9.17, 15) is 24.6 Å². The molecule has 5 aliphatic rings. The minimum Gasteiger partial charge on any atom is -0.394 e. The smallest absolute Gasteiger partial charge is 0.322 e. The summed E-state index contributed by atoms with van der Waals surface area (Å²) in [6.07, 6.45) is 6.97. The molecular formula is C29H41FN4O5. The average Bonchev–Trinajstić information content (AvgIpc) is 2.84. The van der Waals surface area contributed by atoms with Crippen molar-refractivity contribution in [2.45, 2.75) is 76.8 Å². The highest BCUT2D eigenvalue weighted by Gasteiger charge is 2.60. The first kappa shape index (κ1) is 27.8. The maximum absolute atomic E-state index is 15.6. The summed E-state index contributed by atoms with van der Waals surface area (Å²) in [6.45, 7) is 4.19. The Hall–Kier alpha value is -2.72. The molecule has 6 rings (SSSR count). The molecule has 4 bridgehead atoms. The van der Waals surface area contributed by atoms with E-state index in [0.717, 1.165) is 49.5 Å². The van der Waals surface area contributed by atoms with Crippen molar-refractivity contribution in [2.75, 3.05) is 31.2 Å². The van der Waals surface area contributed by atoms with Gasteiger partial charge in [-0.3, -0.25) is 14.5 Å². The number of nitrogens with two attached hydrogens (primary N) is 1. The van der Waals surface area contributed by atoms with E-state index in [0.29, 0.717) is 31.8 Å². The molecule has 1 aliphatic heterocycles. The van der Waals surface area contributed by atoms with E-state index in [4.69, 9.17) is 5.73 Å². The van der Waals surface area contributed by atoms with Crippen LogP contribution in [0.2, 0.25) is 0 Å². The van der Waals surface area contributed by atoms with E-state index >= 15 is 4.39 Å². The third kappa shape index (κ3) is 5.25. The van der Waals surface area contributed by atoms with Crippen molar-refractivity contribution >= 4 is 23.5 Å². The lowest BCUT2D eigenvalue weighted by Gasteiger charge is -2.65. The second kappa shape index (κ2) is 10.0. The van der Waals surface area contributed by atoms with Crippen LogP contribution >= 0.6 is 0 Å². The van der Waals surface area contributed by atoms with Gasteiger partial charge in [0.25, 0.3) is 5.91 Å². The molecule has 4 saturated carbocycles. The van der Waals surface area contributed by atoms with E-state index in [1.165, 1.54) is 12.1 Å². The van der Waals surface area contributed by atoms with Crippen LogP contribution in [-0.4, -0.2) is 70.8 Å². The Bertz CT molecular complexity index is 1130. The van der Waals surface area contributed by atoms with E-state index in [1.54, 1.807) is 4.90 Å². The lowest BCUT2D eigenvalue weighted by atomic mass is 9.43. The van der Waals surface area contributed by atoms with E-state index < -0.39 is 36.6 Å². The Balaban J connectivity index is 1.37. The largest absolute Gasteiger partial charge is 0.394 e. The summed E-state index contributed by atoms with van der Waals surface area (Å²) in [5.41, 5.74) is 5.30. The van der Waals surface area contributed by atoms with Gasteiger partial charge in [-0.2, -0.15) is 0 Å². The molecule has 214 valence electrons. The van der Waals surface area contributed by atoms with Crippen LogP contribution < -0.4 is 16.0 Å². The second-order valence-electron chi connectivity index (χ2n) is 13.4. The lowest BCUT2D eigenvalue weighted by Crippen LogP contribution is -2.67. The normalized spacial score (nSPS) is 31.9. The van der Waals surface area contributed by atoms with Gasteiger partial charge in [0, 0.05) is 30.1 Å². The summed E-state index contributed by atoms with van der Waals surface area (Å²) >= 11 is 0. The molecule has 1 saturated heterocycles. The number of likely N-dealkylation sites (tertiary alicyclic amines) is 1. The SMILES string of the molecule is CC12CC3CC(C)(C1)CC(NC(=O)N(c1ccc(C(=O)N4CCC(C(N)=O)CC4)cc1F)C(CO)CO)(C3)C2. The zero-order valence-electron chi connectivity index (χ0n) is 22.9. The zero-order chi connectivity index (χ0) is 28.2. The topological polar surface area (TPSA) is 136 Å². The van der Waals surface area contributed by atoms with Crippen LogP contribution in [0.25, 0.3) is 0 Å². The molecule has 4 amide bonds. The van der Waals surface area contributed by atoms with Gasteiger partial charge in [-0.05, 0) is 86.3 Å². The van der Waals surface area contributed by atoms with Crippen molar-refractivity contribution in [3.8, 4) is 0 Å². The van der Waals surface area contributed by atoms with Crippen molar-refractivity contribution in [3.63, 3.8) is 0 Å². The number of carbonyl (C=O) groups excluding carboxylic acids is 3. The first-order valence-corrected chi connectivity index (χ1v) is 14.1. The predicted octanol–water partition coefficient (Wildman–Crippen LogP) is 2.78. The highest BCUT2D eigenvalue weighted by atomic mass is 19.1. The summed E-state index contributed by atoms with van der Waals surface area (Å²) in [6, 6.07) is 2.31. The first-order chi connectivity index (χ1) is 18.4. The molecule has 0 spiro atoms. The molecule has 2 unspecified atom stereocenters. The third-order valence-corrected chi connectivity index (χ3v) is 9.64. The standard InChI is InChI=1S/C29H41FN4O5/c1-27-10-18-11-28(2,15-27)17-29(12-18,16-27)32-26(39)34(21(13-35)14-36)23-4-3-20(9-22(23)30)25(38)33-7-5-19(6-8-33)24(31)37/h3-4,9,18-19,21,35-36H,5-8,10-17H2,1-2H3,(H2,31,37)(H,32,39). The molecule has 9 nitrogen and oxygen atoms in total. The first-order valence-electron chi connectivity index (χ1n) is 14.1. The van der Waals surface area contributed by atoms with Gasteiger partial charge in [-0.15, -0.1) is 0 Å². The van der Waals surface area contributed by atoms with Gasteiger partial charge in [0.05, 0.1) is 24.9 Å². The number of nitrogens with one attached hydrogen (secondary N) is 1. The van der Waals surface area contributed by atoms with Crippen molar-refractivity contribution < 1.29 is 29.0 Å². The van der Waals surface area contributed by atoms with Crippen molar-refractivity contribution in [1.29, 1.82) is 0 Å². The Morgan fingerprint density at radius 2 is 1.69 bits per heavy atom. The van der Waals surface area contributed by atoms with Crippen molar-refractivity contribution in [2.24, 2.45) is 28.4 Å². The number of urea groups is 1. The van der Waals surface area contributed by atoms with Crippen LogP contribution in [-0.2, 0) is 4.79 Å². The number of rotatable bonds is 7. The van der Waals surface area contributed by atoms with Crippen LogP contribution in [0.4, 0.5) is 14.9 Å². The van der Waals surface area contributed by atoms with E-state index in [2.05, 4.69) is 19.2 Å². The molecule has 5 fully saturated rings. The third-order valence-electron chi connectivity index (χ3n) is 9.64. The fourth-order valence-corrected chi connectivity index (χ4v) is 8.95. The Kier molecular flexibility index (Phi) is 7.16. The fourth-order valence-electron chi connectivity index (χ4n) is 8.95. The molecule has 39 heavy (non-hydrogen) atoms. The number of halogens is 1. The number of anilines is 1. The predicted molar refractivity (Wildman–Crippen MR) is 143 cm³/mol. The van der Waals surface area contributed by atoms with Gasteiger partial charge in [0.2, 0.25) is 5.91 Å². The molecule has 2 atom stereocenters. The quantitative estimate of drug-likeness (QED) is 0.419. The van der Waals surface area contributed by atoms with Gasteiger partial charge in [-0.1, -0.05) is 13.8 Å². The van der Waals surface area contributed by atoms with Gasteiger partial charge in [-0.25, -0.2) is 9.18 Å². The number of hydrogen-bond acceptors (Lipinski definition) is 5. The lowest BCUT2D eigenvalue weighted by molar-refractivity contribution is -0.123. The molecule has 5 N–H and O–H groups in total. The van der Waals surface area contributed by atoms with Gasteiger partial charge >= 0.3 is 6.03 Å². The van der Waals surface area contributed by atoms with Gasteiger partial charge in [0.1, 0.15) is 5.82 Å². The number of hydrogen-bond donors (Lipinski definition) is 4. The number of primary amides is 1. The van der Waals surface area contributed by atoms with Crippen LogP contribution in [0, 0.1) is 28.5 Å². The summed E-state index contributed by atoms with van der Waals surface area (Å²) < 4.78 is 15.6. The molecule has 1 aromatic carbocycles. The number of aliphatic hydroxyl groups is 2. The molecular weight excluding hydrogens is 503 g/mol. The van der Waals surface area contributed by atoms with Gasteiger partial charge < -0.3 is 26.2 Å². The van der Waals surface area contributed by atoms with Gasteiger partial charge in [0.15, 0.2) is 0 Å². The average molecular weight is 545 g/mol. The Morgan fingerprint density at radius 1 is 1.08 bits per heavy atom. The molecule has 10 heteroatoms. The Morgan fingerprint density at radius 3 is 2.21 bits per heavy atom. The van der Waals surface area contributed by atoms with Crippen LogP contribution in [0.1, 0.15) is 75.6 Å². The number of benzene rings is 1. The number of nitrogens with zero attached hydrogens (tertiary/aromatic N) is 2. The highest BCUT2D eigenvalue weighted by Crippen LogP contribution is 2.66. The summed E-state index contributed by atoms with van der Waals surface area (Å²) in [4.78, 5) is 41.0. The van der Waals surface area contributed by atoms with E-state index in [1.807, 2.05) is 0 Å². The molecule has 4 aliphatic carbocycles. The summed E-state index contributed by atoms with van der Waals surface area (Å²) in [5.74, 6) is -1.27. The fraction of sp³-hybridized carbons (Fsp3) is 0.690. The van der Waals surface area contributed by atoms with Crippen molar-refractivity contribution in [3.05, 3.63) is 29.6 Å². The highest BCUT2D eigenvalue weighted by molar-refractivity contribution is 5.97. The molecule has 1 aromatic rings. The minimum atomic E-state index is -1.05. The number of piperidine rings is 1. The molecule has 1 heterocycles. The van der Waals surface area contributed by atoms with E-state index in [-0.39, 0.29) is 39.8 Å². The second-order valence-corrected chi connectivity index (χ2v) is 13.4.